The van der Waals surface area contributed by atoms with Crippen LogP contribution < -0.4 is 16.0 Å². The number of hydrogen-bond acceptors (Lipinski definition) is 6. The zero-order valence-corrected chi connectivity index (χ0v) is 14.9. The van der Waals surface area contributed by atoms with E-state index in [1.807, 2.05) is 18.2 Å². The molecule has 0 aliphatic heterocycles. The lowest BCUT2D eigenvalue weighted by molar-refractivity contribution is 0.0955. The Balaban J connectivity index is 1.44. The molecule has 1 aromatic carbocycles. The van der Waals surface area contributed by atoms with Crippen LogP contribution >= 0.6 is 11.6 Å². The third-order valence-corrected chi connectivity index (χ3v) is 3.79. The molecule has 3 rings (SSSR count). The van der Waals surface area contributed by atoms with Crippen molar-refractivity contribution in [2.24, 2.45) is 0 Å². The number of anilines is 3. The first kappa shape index (κ1) is 18.5. The zero-order chi connectivity index (χ0) is 19.1. The summed E-state index contributed by atoms with van der Waals surface area (Å²) in [5, 5.41) is 16.9. The van der Waals surface area contributed by atoms with Gasteiger partial charge in [-0.25, -0.2) is 9.37 Å². The van der Waals surface area contributed by atoms with E-state index >= 15 is 0 Å². The summed E-state index contributed by atoms with van der Waals surface area (Å²) in [4.78, 5) is 16.2. The standard InChI is InChI=1S/C18H16ClFN6O/c19-14-11-12(20)4-5-13(14)18(27)23-10-9-22-16-6-7-17(26-25-16)24-15-3-1-2-8-21-15/h1-8,11H,9-10H2,(H,22,25)(H,23,27)(H,21,24,26). The first-order chi connectivity index (χ1) is 13.1. The summed E-state index contributed by atoms with van der Waals surface area (Å²) in [6.45, 7) is 0.772. The van der Waals surface area contributed by atoms with Gasteiger partial charge in [0.25, 0.3) is 5.91 Å². The summed E-state index contributed by atoms with van der Waals surface area (Å²) in [6.07, 6.45) is 1.68. The van der Waals surface area contributed by atoms with Gasteiger partial charge in [-0.15, -0.1) is 10.2 Å². The SMILES string of the molecule is O=C(NCCNc1ccc(Nc2ccccn2)nn1)c1ccc(F)cc1Cl. The maximum Gasteiger partial charge on any atom is 0.252 e. The Labute approximate surface area is 160 Å². The predicted octanol–water partition coefficient (Wildman–Crippen LogP) is 3.25. The Hall–Kier alpha value is -3.26. The van der Waals surface area contributed by atoms with E-state index in [-0.39, 0.29) is 16.5 Å². The highest BCUT2D eigenvalue weighted by Crippen LogP contribution is 2.17. The molecule has 0 aliphatic rings. The van der Waals surface area contributed by atoms with Gasteiger partial charge in [-0.3, -0.25) is 4.79 Å². The van der Waals surface area contributed by atoms with Crippen LogP contribution in [0.1, 0.15) is 10.4 Å². The molecule has 1 amide bonds. The molecule has 3 aromatic rings. The largest absolute Gasteiger partial charge is 0.367 e. The second-order valence-corrected chi connectivity index (χ2v) is 5.86. The Morgan fingerprint density at radius 3 is 2.52 bits per heavy atom. The molecule has 0 fully saturated rings. The van der Waals surface area contributed by atoms with E-state index in [9.17, 15) is 9.18 Å². The fraction of sp³-hybridized carbons (Fsp3) is 0.111. The summed E-state index contributed by atoms with van der Waals surface area (Å²) in [7, 11) is 0. The maximum atomic E-state index is 13.0. The summed E-state index contributed by atoms with van der Waals surface area (Å²) >= 11 is 5.86. The van der Waals surface area contributed by atoms with Crippen LogP contribution in [-0.4, -0.2) is 34.2 Å². The van der Waals surface area contributed by atoms with Gasteiger partial charge in [0, 0.05) is 19.3 Å². The zero-order valence-electron chi connectivity index (χ0n) is 14.1. The van der Waals surface area contributed by atoms with Crippen LogP contribution in [0, 0.1) is 5.82 Å². The summed E-state index contributed by atoms with van der Waals surface area (Å²) < 4.78 is 13.0. The van der Waals surface area contributed by atoms with Gasteiger partial charge in [-0.1, -0.05) is 17.7 Å². The molecular weight excluding hydrogens is 371 g/mol. The van der Waals surface area contributed by atoms with Gasteiger partial charge < -0.3 is 16.0 Å². The van der Waals surface area contributed by atoms with Crippen molar-refractivity contribution < 1.29 is 9.18 Å². The molecule has 0 radical (unpaired) electrons. The monoisotopic (exact) mass is 386 g/mol. The molecule has 0 spiro atoms. The lowest BCUT2D eigenvalue weighted by Crippen LogP contribution is -2.29. The van der Waals surface area contributed by atoms with Gasteiger partial charge in [0.1, 0.15) is 17.5 Å². The molecule has 27 heavy (non-hydrogen) atoms. The third-order valence-electron chi connectivity index (χ3n) is 3.48. The number of benzene rings is 1. The van der Waals surface area contributed by atoms with Crippen molar-refractivity contribution in [3.05, 3.63) is 71.1 Å². The molecule has 0 atom stereocenters. The number of carbonyl (C=O) groups excluding carboxylic acids is 1. The number of nitrogens with zero attached hydrogens (tertiary/aromatic N) is 3. The second-order valence-electron chi connectivity index (χ2n) is 5.45. The minimum Gasteiger partial charge on any atom is -0.367 e. The van der Waals surface area contributed by atoms with Gasteiger partial charge in [0.2, 0.25) is 0 Å². The first-order valence-electron chi connectivity index (χ1n) is 8.11. The van der Waals surface area contributed by atoms with Crippen molar-refractivity contribution >= 4 is 35.0 Å². The van der Waals surface area contributed by atoms with Crippen molar-refractivity contribution in [2.45, 2.75) is 0 Å². The Morgan fingerprint density at radius 1 is 1.00 bits per heavy atom. The minimum atomic E-state index is -0.488. The van der Waals surface area contributed by atoms with E-state index in [1.54, 1.807) is 18.3 Å². The van der Waals surface area contributed by atoms with Crippen molar-refractivity contribution in [3.63, 3.8) is 0 Å². The number of rotatable bonds is 7. The van der Waals surface area contributed by atoms with Crippen LogP contribution in [0.5, 0.6) is 0 Å². The molecule has 138 valence electrons. The van der Waals surface area contributed by atoms with Crippen LogP contribution in [0.3, 0.4) is 0 Å². The number of nitrogens with one attached hydrogen (secondary N) is 3. The first-order valence-corrected chi connectivity index (χ1v) is 8.48. The highest BCUT2D eigenvalue weighted by atomic mass is 35.5. The highest BCUT2D eigenvalue weighted by molar-refractivity contribution is 6.33. The van der Waals surface area contributed by atoms with E-state index in [2.05, 4.69) is 31.1 Å². The van der Waals surface area contributed by atoms with Crippen molar-refractivity contribution in [2.75, 3.05) is 23.7 Å². The molecule has 0 saturated carbocycles. The number of carbonyl (C=O) groups is 1. The number of pyridine rings is 1. The van der Waals surface area contributed by atoms with E-state index < -0.39 is 5.82 Å². The lowest BCUT2D eigenvalue weighted by atomic mass is 10.2. The average Bonchev–Trinajstić information content (AvgIpc) is 2.67. The molecule has 7 nitrogen and oxygen atoms in total. The Morgan fingerprint density at radius 2 is 1.81 bits per heavy atom. The normalized spacial score (nSPS) is 10.3. The molecule has 3 N–H and O–H groups in total. The number of aromatic nitrogens is 3. The quantitative estimate of drug-likeness (QED) is 0.540. The molecule has 0 unspecified atom stereocenters. The Bertz CT molecular complexity index is 907. The van der Waals surface area contributed by atoms with Gasteiger partial charge in [0.05, 0.1) is 10.6 Å². The van der Waals surface area contributed by atoms with Crippen molar-refractivity contribution in [3.8, 4) is 0 Å². The smallest absolute Gasteiger partial charge is 0.252 e. The second kappa shape index (κ2) is 8.91. The van der Waals surface area contributed by atoms with Crippen LogP contribution in [-0.2, 0) is 0 Å². The van der Waals surface area contributed by atoms with Crippen molar-refractivity contribution in [1.82, 2.24) is 20.5 Å². The fourth-order valence-electron chi connectivity index (χ4n) is 2.20. The van der Waals surface area contributed by atoms with Crippen LogP contribution in [0.25, 0.3) is 0 Å². The molecule has 2 aromatic heterocycles. The van der Waals surface area contributed by atoms with Gasteiger partial charge in [-0.05, 0) is 42.5 Å². The van der Waals surface area contributed by atoms with Gasteiger partial charge in [-0.2, -0.15) is 0 Å². The fourth-order valence-corrected chi connectivity index (χ4v) is 2.45. The van der Waals surface area contributed by atoms with Crippen molar-refractivity contribution in [1.29, 1.82) is 0 Å². The molecule has 0 bridgehead atoms. The number of amides is 1. The topological polar surface area (TPSA) is 91.8 Å². The van der Waals surface area contributed by atoms with Crippen LogP contribution in [0.4, 0.5) is 21.8 Å². The minimum absolute atomic E-state index is 0.0716. The average molecular weight is 387 g/mol. The number of hydrogen-bond donors (Lipinski definition) is 3. The van der Waals surface area contributed by atoms with E-state index in [0.717, 1.165) is 6.07 Å². The Kier molecular flexibility index (Phi) is 6.11. The molecule has 0 saturated heterocycles. The molecule has 2 heterocycles. The van der Waals surface area contributed by atoms with E-state index in [0.29, 0.717) is 30.5 Å². The molecule has 0 aliphatic carbocycles. The molecular formula is C18H16ClFN6O. The van der Waals surface area contributed by atoms with E-state index in [1.165, 1.54) is 12.1 Å². The lowest BCUT2D eigenvalue weighted by Gasteiger charge is -2.09. The van der Waals surface area contributed by atoms with E-state index in [4.69, 9.17) is 11.6 Å². The van der Waals surface area contributed by atoms with Gasteiger partial charge in [0.15, 0.2) is 5.82 Å². The highest BCUT2D eigenvalue weighted by Gasteiger charge is 2.10. The number of halogens is 2. The maximum absolute atomic E-state index is 13.0. The third kappa shape index (κ3) is 5.35. The summed E-state index contributed by atoms with van der Waals surface area (Å²) in [5.41, 5.74) is 0.225. The van der Waals surface area contributed by atoms with Crippen LogP contribution in [0.15, 0.2) is 54.7 Å². The summed E-state index contributed by atoms with van der Waals surface area (Å²) in [5.74, 6) is 0.949. The summed E-state index contributed by atoms with van der Waals surface area (Å²) in [6, 6.07) is 12.7. The van der Waals surface area contributed by atoms with Crippen LogP contribution in [0.2, 0.25) is 5.02 Å². The van der Waals surface area contributed by atoms with Gasteiger partial charge >= 0.3 is 0 Å². The molecule has 9 heteroatoms. The predicted molar refractivity (Wildman–Crippen MR) is 102 cm³/mol.